The fraction of sp³-hybridized carbons (Fsp3) is 0.545. The summed E-state index contributed by atoms with van der Waals surface area (Å²) in [6.45, 7) is 0. The molecular formula is C11H16N2O2. The number of carbonyl (C=O) groups excluding carboxylic acids is 1. The molecule has 0 atom stereocenters. The maximum absolute atomic E-state index is 11.5. The van der Waals surface area contributed by atoms with Gasteiger partial charge >= 0.3 is 0 Å². The topological polar surface area (TPSA) is 68.3 Å². The van der Waals surface area contributed by atoms with Gasteiger partial charge in [-0.3, -0.25) is 4.79 Å². The zero-order valence-electron chi connectivity index (χ0n) is 8.61. The van der Waals surface area contributed by atoms with Crippen molar-refractivity contribution in [3.05, 3.63) is 24.2 Å². The average Bonchev–Trinajstić information content (AvgIpc) is 2.65. The zero-order chi connectivity index (χ0) is 10.7. The summed E-state index contributed by atoms with van der Waals surface area (Å²) in [5.41, 5.74) is 5.63. The third-order valence-corrected chi connectivity index (χ3v) is 2.72. The summed E-state index contributed by atoms with van der Waals surface area (Å²) in [5.74, 6) is 0.943. The lowest BCUT2D eigenvalue weighted by Gasteiger charge is -2.32. The molecule has 15 heavy (non-hydrogen) atoms. The Labute approximate surface area is 88.8 Å². The second-order valence-electron chi connectivity index (χ2n) is 4.08. The molecule has 82 valence electrons. The molecule has 1 aliphatic rings. The van der Waals surface area contributed by atoms with Gasteiger partial charge in [0.15, 0.2) is 0 Å². The van der Waals surface area contributed by atoms with Gasteiger partial charge in [-0.25, -0.2) is 0 Å². The number of amides is 1. The van der Waals surface area contributed by atoms with Crippen LogP contribution in [0.4, 0.5) is 0 Å². The van der Waals surface area contributed by atoms with Gasteiger partial charge in [-0.05, 0) is 25.0 Å². The maximum atomic E-state index is 11.5. The molecule has 0 radical (unpaired) electrons. The van der Waals surface area contributed by atoms with E-state index >= 15 is 0 Å². The Morgan fingerprint density at radius 1 is 1.60 bits per heavy atom. The smallest absolute Gasteiger partial charge is 0.220 e. The predicted molar refractivity (Wildman–Crippen MR) is 56.2 cm³/mol. The van der Waals surface area contributed by atoms with E-state index in [2.05, 4.69) is 5.32 Å². The molecule has 1 amide bonds. The summed E-state index contributed by atoms with van der Waals surface area (Å²) in [6.07, 6.45) is 4.59. The number of carbonyl (C=O) groups is 1. The first kappa shape index (κ1) is 10.2. The molecule has 0 spiro atoms. The lowest BCUT2D eigenvalue weighted by Crippen LogP contribution is -2.50. The molecule has 1 saturated carbocycles. The van der Waals surface area contributed by atoms with E-state index in [1.165, 1.54) is 0 Å². The van der Waals surface area contributed by atoms with E-state index in [9.17, 15) is 4.79 Å². The highest BCUT2D eigenvalue weighted by molar-refractivity contribution is 5.76. The normalized spacial score (nSPS) is 24.6. The van der Waals surface area contributed by atoms with E-state index in [1.54, 1.807) is 6.26 Å². The Hall–Kier alpha value is -1.29. The second-order valence-corrected chi connectivity index (χ2v) is 4.08. The van der Waals surface area contributed by atoms with E-state index < -0.39 is 0 Å². The SMILES string of the molecule is NC1CC(NC(=O)CCc2ccco2)C1. The number of aryl methyl sites for hydroxylation is 1. The molecule has 2 rings (SSSR count). The van der Waals surface area contributed by atoms with Gasteiger partial charge in [-0.2, -0.15) is 0 Å². The van der Waals surface area contributed by atoms with Crippen molar-refractivity contribution in [1.29, 1.82) is 0 Å². The van der Waals surface area contributed by atoms with E-state index in [-0.39, 0.29) is 11.9 Å². The van der Waals surface area contributed by atoms with E-state index in [0.29, 0.717) is 18.9 Å². The first-order valence-corrected chi connectivity index (χ1v) is 5.31. The largest absolute Gasteiger partial charge is 0.469 e. The summed E-state index contributed by atoms with van der Waals surface area (Å²) < 4.78 is 5.15. The van der Waals surface area contributed by atoms with Crippen LogP contribution in [0.2, 0.25) is 0 Å². The first-order valence-electron chi connectivity index (χ1n) is 5.31. The summed E-state index contributed by atoms with van der Waals surface area (Å²) >= 11 is 0. The van der Waals surface area contributed by atoms with Crippen molar-refractivity contribution < 1.29 is 9.21 Å². The van der Waals surface area contributed by atoms with Crippen molar-refractivity contribution in [2.24, 2.45) is 5.73 Å². The molecule has 1 aliphatic carbocycles. The molecule has 4 nitrogen and oxygen atoms in total. The monoisotopic (exact) mass is 208 g/mol. The standard InChI is InChI=1S/C11H16N2O2/c12-8-6-9(7-8)13-11(14)4-3-10-2-1-5-15-10/h1-2,5,8-9H,3-4,6-7,12H2,(H,13,14). The van der Waals surface area contributed by atoms with Gasteiger partial charge in [0.2, 0.25) is 5.91 Å². The van der Waals surface area contributed by atoms with E-state index in [0.717, 1.165) is 18.6 Å². The molecule has 0 aliphatic heterocycles. The predicted octanol–water partition coefficient (Wildman–Crippen LogP) is 0.818. The minimum atomic E-state index is 0.0864. The third kappa shape index (κ3) is 2.83. The Morgan fingerprint density at radius 3 is 3.00 bits per heavy atom. The lowest BCUT2D eigenvalue weighted by molar-refractivity contribution is -0.122. The zero-order valence-corrected chi connectivity index (χ0v) is 8.61. The van der Waals surface area contributed by atoms with Crippen LogP contribution in [0.5, 0.6) is 0 Å². The molecule has 1 fully saturated rings. The van der Waals surface area contributed by atoms with Crippen molar-refractivity contribution >= 4 is 5.91 Å². The van der Waals surface area contributed by atoms with Gasteiger partial charge in [0.05, 0.1) is 6.26 Å². The molecule has 0 unspecified atom stereocenters. The minimum absolute atomic E-state index is 0.0864. The van der Waals surface area contributed by atoms with Crippen molar-refractivity contribution in [3.63, 3.8) is 0 Å². The highest BCUT2D eigenvalue weighted by atomic mass is 16.3. The van der Waals surface area contributed by atoms with Crippen LogP contribution in [0.15, 0.2) is 22.8 Å². The molecule has 1 aromatic heterocycles. The van der Waals surface area contributed by atoms with Crippen molar-refractivity contribution in [2.45, 2.75) is 37.8 Å². The van der Waals surface area contributed by atoms with Crippen LogP contribution in [0.3, 0.4) is 0 Å². The van der Waals surface area contributed by atoms with Crippen LogP contribution in [0.1, 0.15) is 25.0 Å². The van der Waals surface area contributed by atoms with Crippen LogP contribution in [-0.2, 0) is 11.2 Å². The minimum Gasteiger partial charge on any atom is -0.469 e. The number of hydrogen-bond donors (Lipinski definition) is 2. The number of hydrogen-bond acceptors (Lipinski definition) is 3. The molecule has 0 bridgehead atoms. The van der Waals surface area contributed by atoms with Crippen LogP contribution in [0.25, 0.3) is 0 Å². The summed E-state index contributed by atoms with van der Waals surface area (Å²) in [6, 6.07) is 4.29. The fourth-order valence-corrected chi connectivity index (χ4v) is 1.77. The quantitative estimate of drug-likeness (QED) is 0.769. The number of nitrogens with two attached hydrogens (primary N) is 1. The Balaban J connectivity index is 1.65. The molecule has 0 saturated heterocycles. The maximum Gasteiger partial charge on any atom is 0.220 e. The van der Waals surface area contributed by atoms with Crippen LogP contribution in [-0.4, -0.2) is 18.0 Å². The summed E-state index contributed by atoms with van der Waals surface area (Å²) in [4.78, 5) is 11.5. The first-order chi connectivity index (χ1) is 7.24. The van der Waals surface area contributed by atoms with Crippen molar-refractivity contribution in [3.8, 4) is 0 Å². The van der Waals surface area contributed by atoms with Crippen LogP contribution < -0.4 is 11.1 Å². The lowest BCUT2D eigenvalue weighted by atomic mass is 9.87. The molecular weight excluding hydrogens is 192 g/mol. The highest BCUT2D eigenvalue weighted by Crippen LogP contribution is 2.17. The average molecular weight is 208 g/mol. The Kier molecular flexibility index (Phi) is 3.06. The third-order valence-electron chi connectivity index (χ3n) is 2.72. The fourth-order valence-electron chi connectivity index (χ4n) is 1.77. The van der Waals surface area contributed by atoms with Gasteiger partial charge in [0, 0.05) is 24.9 Å². The summed E-state index contributed by atoms with van der Waals surface area (Å²) in [7, 11) is 0. The molecule has 4 heteroatoms. The van der Waals surface area contributed by atoms with Crippen molar-refractivity contribution in [2.75, 3.05) is 0 Å². The molecule has 3 N–H and O–H groups in total. The van der Waals surface area contributed by atoms with Gasteiger partial charge in [0.1, 0.15) is 5.76 Å². The Bertz CT molecular complexity index is 315. The van der Waals surface area contributed by atoms with Gasteiger partial charge in [0.25, 0.3) is 0 Å². The summed E-state index contributed by atoms with van der Waals surface area (Å²) in [5, 5.41) is 2.95. The molecule has 1 heterocycles. The Morgan fingerprint density at radius 2 is 2.40 bits per heavy atom. The van der Waals surface area contributed by atoms with Crippen molar-refractivity contribution in [1.82, 2.24) is 5.32 Å². The number of rotatable bonds is 4. The molecule has 1 aromatic rings. The van der Waals surface area contributed by atoms with Gasteiger partial charge in [-0.1, -0.05) is 0 Å². The highest BCUT2D eigenvalue weighted by Gasteiger charge is 2.26. The number of furan rings is 1. The van der Waals surface area contributed by atoms with E-state index in [4.69, 9.17) is 10.2 Å². The van der Waals surface area contributed by atoms with Gasteiger partial charge in [-0.15, -0.1) is 0 Å². The molecule has 0 aromatic carbocycles. The number of nitrogens with one attached hydrogen (secondary N) is 1. The van der Waals surface area contributed by atoms with Gasteiger partial charge < -0.3 is 15.5 Å². The van der Waals surface area contributed by atoms with Crippen LogP contribution >= 0.6 is 0 Å². The van der Waals surface area contributed by atoms with E-state index in [1.807, 2.05) is 12.1 Å². The van der Waals surface area contributed by atoms with Crippen LogP contribution in [0, 0.1) is 0 Å². The second kappa shape index (κ2) is 4.49.